The van der Waals surface area contributed by atoms with Crippen LogP contribution in [0.3, 0.4) is 0 Å². The maximum Gasteiger partial charge on any atom is 0.201 e. The second-order valence-electron chi connectivity index (χ2n) is 4.09. The Morgan fingerprint density at radius 3 is 3.14 bits per heavy atom. The smallest absolute Gasteiger partial charge is 0.201 e. The Hall–Kier alpha value is -1.05. The minimum absolute atomic E-state index is 0.205. The number of ketones is 1. The maximum absolute atomic E-state index is 11.7. The van der Waals surface area contributed by atoms with E-state index in [1.54, 1.807) is 18.4 Å². The zero-order chi connectivity index (χ0) is 9.97. The zero-order valence-electron chi connectivity index (χ0n) is 8.53. The molecule has 1 fully saturated rings. The molecular weight excluding hydrogens is 176 g/mol. The number of hydrogen-bond acceptors (Lipinski definition) is 2. The lowest BCUT2D eigenvalue weighted by Gasteiger charge is -1.96. The number of carbonyl (C=O) groups is 1. The predicted molar refractivity (Wildman–Crippen MR) is 54.2 cm³/mol. The fraction of sp³-hybridized carbons (Fsp3) is 0.583. The summed E-state index contributed by atoms with van der Waals surface area (Å²) in [5, 5.41) is 0. The lowest BCUT2D eigenvalue weighted by Crippen LogP contribution is -2.01. The highest BCUT2D eigenvalue weighted by atomic mass is 16.3. The van der Waals surface area contributed by atoms with Gasteiger partial charge in [-0.3, -0.25) is 4.79 Å². The van der Waals surface area contributed by atoms with Gasteiger partial charge in [-0.25, -0.2) is 0 Å². The Bertz CT molecular complexity index is 300. The van der Waals surface area contributed by atoms with Gasteiger partial charge in [0.25, 0.3) is 0 Å². The molecule has 1 heterocycles. The van der Waals surface area contributed by atoms with Gasteiger partial charge in [0, 0.05) is 5.92 Å². The number of carbonyl (C=O) groups excluding carboxylic acids is 1. The summed E-state index contributed by atoms with van der Waals surface area (Å²) in [5.41, 5.74) is 0. The van der Waals surface area contributed by atoms with Crippen LogP contribution in [0.15, 0.2) is 22.8 Å². The fourth-order valence-corrected chi connectivity index (χ4v) is 1.96. The third-order valence-electron chi connectivity index (χ3n) is 2.95. The summed E-state index contributed by atoms with van der Waals surface area (Å²) in [7, 11) is 0. The first-order chi connectivity index (χ1) is 6.83. The van der Waals surface area contributed by atoms with E-state index < -0.39 is 0 Å². The van der Waals surface area contributed by atoms with Crippen molar-refractivity contribution in [3.05, 3.63) is 24.2 Å². The Balaban J connectivity index is 1.85. The molecule has 2 rings (SSSR count). The quantitative estimate of drug-likeness (QED) is 0.670. The van der Waals surface area contributed by atoms with Gasteiger partial charge in [-0.2, -0.15) is 0 Å². The average molecular weight is 192 g/mol. The minimum atomic E-state index is 0.205. The van der Waals surface area contributed by atoms with Gasteiger partial charge in [0.1, 0.15) is 0 Å². The molecule has 1 aliphatic carbocycles. The van der Waals surface area contributed by atoms with Crippen molar-refractivity contribution in [1.29, 1.82) is 0 Å². The highest BCUT2D eigenvalue weighted by Crippen LogP contribution is 2.44. The molecule has 0 aliphatic heterocycles. The van der Waals surface area contributed by atoms with Crippen molar-refractivity contribution in [2.45, 2.75) is 32.6 Å². The van der Waals surface area contributed by atoms with Crippen molar-refractivity contribution < 1.29 is 9.21 Å². The molecule has 2 nitrogen and oxygen atoms in total. The van der Waals surface area contributed by atoms with Crippen molar-refractivity contribution in [1.82, 2.24) is 0 Å². The monoisotopic (exact) mass is 192 g/mol. The molecular formula is C12H16O2. The van der Waals surface area contributed by atoms with Gasteiger partial charge >= 0.3 is 0 Å². The molecule has 0 spiro atoms. The molecule has 0 radical (unpaired) electrons. The Labute approximate surface area is 84.3 Å². The maximum atomic E-state index is 11.7. The third kappa shape index (κ3) is 1.89. The van der Waals surface area contributed by atoms with Crippen LogP contribution in [0, 0.1) is 11.8 Å². The van der Waals surface area contributed by atoms with E-state index in [1.165, 1.54) is 19.3 Å². The molecule has 76 valence electrons. The van der Waals surface area contributed by atoms with Crippen molar-refractivity contribution in [2.24, 2.45) is 11.8 Å². The van der Waals surface area contributed by atoms with E-state index >= 15 is 0 Å². The summed E-state index contributed by atoms with van der Waals surface area (Å²) in [4.78, 5) is 11.7. The van der Waals surface area contributed by atoms with Gasteiger partial charge in [-0.1, -0.05) is 19.8 Å². The van der Waals surface area contributed by atoms with Crippen molar-refractivity contribution in [3.63, 3.8) is 0 Å². The molecule has 0 bridgehead atoms. The minimum Gasteiger partial charge on any atom is -0.461 e. The molecule has 1 aromatic rings. The highest BCUT2D eigenvalue weighted by Gasteiger charge is 2.43. The first-order valence-electron chi connectivity index (χ1n) is 5.40. The van der Waals surface area contributed by atoms with Crippen LogP contribution in [0.5, 0.6) is 0 Å². The molecule has 2 heteroatoms. The van der Waals surface area contributed by atoms with Gasteiger partial charge in [0.2, 0.25) is 5.78 Å². The van der Waals surface area contributed by atoms with E-state index in [-0.39, 0.29) is 11.7 Å². The summed E-state index contributed by atoms with van der Waals surface area (Å²) < 4.78 is 5.10. The van der Waals surface area contributed by atoms with Crippen LogP contribution in [-0.2, 0) is 0 Å². The SMILES string of the molecule is CCCC[C@H]1C[C@@H]1C(=O)c1ccco1. The van der Waals surface area contributed by atoms with E-state index in [0.29, 0.717) is 11.7 Å². The Kier molecular flexibility index (Phi) is 2.71. The van der Waals surface area contributed by atoms with Crippen molar-refractivity contribution >= 4 is 5.78 Å². The summed E-state index contributed by atoms with van der Waals surface area (Å²) in [6.45, 7) is 2.19. The summed E-state index contributed by atoms with van der Waals surface area (Å²) >= 11 is 0. The topological polar surface area (TPSA) is 30.2 Å². The average Bonchev–Trinajstić information content (AvgIpc) is 2.75. The number of hydrogen-bond donors (Lipinski definition) is 0. The molecule has 14 heavy (non-hydrogen) atoms. The lowest BCUT2D eigenvalue weighted by atomic mass is 10.1. The second kappa shape index (κ2) is 3.99. The molecule has 0 saturated heterocycles. The van der Waals surface area contributed by atoms with Crippen LogP contribution in [0.4, 0.5) is 0 Å². The van der Waals surface area contributed by atoms with Gasteiger partial charge in [-0.05, 0) is 30.9 Å². The first kappa shape index (κ1) is 9.50. The molecule has 0 unspecified atom stereocenters. The van der Waals surface area contributed by atoms with Gasteiger partial charge in [0.05, 0.1) is 6.26 Å². The summed E-state index contributed by atoms with van der Waals surface area (Å²) in [6, 6.07) is 3.54. The number of unbranched alkanes of at least 4 members (excludes halogenated alkanes) is 1. The largest absolute Gasteiger partial charge is 0.461 e. The van der Waals surface area contributed by atoms with Gasteiger partial charge < -0.3 is 4.42 Å². The second-order valence-corrected chi connectivity index (χ2v) is 4.09. The van der Waals surface area contributed by atoms with Crippen molar-refractivity contribution in [2.75, 3.05) is 0 Å². The molecule has 2 atom stereocenters. The lowest BCUT2D eigenvalue weighted by molar-refractivity contribution is 0.0933. The molecule has 1 saturated carbocycles. The number of rotatable bonds is 5. The fourth-order valence-electron chi connectivity index (χ4n) is 1.96. The first-order valence-corrected chi connectivity index (χ1v) is 5.40. The van der Waals surface area contributed by atoms with Crippen LogP contribution in [0.25, 0.3) is 0 Å². The van der Waals surface area contributed by atoms with E-state index in [1.807, 2.05) is 0 Å². The molecule has 1 aromatic heterocycles. The summed E-state index contributed by atoms with van der Waals surface area (Å²) in [5.74, 6) is 1.63. The Morgan fingerprint density at radius 1 is 1.64 bits per heavy atom. The Morgan fingerprint density at radius 2 is 2.50 bits per heavy atom. The third-order valence-corrected chi connectivity index (χ3v) is 2.95. The van der Waals surface area contributed by atoms with Crippen molar-refractivity contribution in [3.8, 4) is 0 Å². The molecule has 0 amide bonds. The van der Waals surface area contributed by atoms with E-state index in [9.17, 15) is 4.79 Å². The number of Topliss-reactive ketones (excluding diaryl/α,β-unsaturated/α-hetero) is 1. The standard InChI is InChI=1S/C12H16O2/c1-2-3-5-9-8-10(9)12(13)11-6-4-7-14-11/h4,6-7,9-10H,2-3,5,8H2,1H3/t9-,10-/m0/s1. The van der Waals surface area contributed by atoms with E-state index in [2.05, 4.69) is 6.92 Å². The zero-order valence-corrected chi connectivity index (χ0v) is 8.53. The van der Waals surface area contributed by atoms with E-state index in [4.69, 9.17) is 4.42 Å². The van der Waals surface area contributed by atoms with E-state index in [0.717, 1.165) is 6.42 Å². The predicted octanol–water partition coefficient (Wildman–Crippen LogP) is 3.29. The number of furan rings is 1. The molecule has 0 N–H and O–H groups in total. The van der Waals surface area contributed by atoms with Gasteiger partial charge in [0.15, 0.2) is 5.76 Å². The normalized spacial score (nSPS) is 24.9. The molecule has 1 aliphatic rings. The molecule has 0 aromatic carbocycles. The van der Waals surface area contributed by atoms with Crippen LogP contribution in [0.1, 0.15) is 43.2 Å². The van der Waals surface area contributed by atoms with Crippen LogP contribution in [-0.4, -0.2) is 5.78 Å². The van der Waals surface area contributed by atoms with Crippen LogP contribution < -0.4 is 0 Å². The van der Waals surface area contributed by atoms with Crippen LogP contribution in [0.2, 0.25) is 0 Å². The summed E-state index contributed by atoms with van der Waals surface area (Å²) in [6.07, 6.45) is 6.30. The van der Waals surface area contributed by atoms with Gasteiger partial charge in [-0.15, -0.1) is 0 Å². The van der Waals surface area contributed by atoms with Crippen LogP contribution >= 0.6 is 0 Å². The highest BCUT2D eigenvalue weighted by molar-refractivity contribution is 5.97.